The highest BCUT2D eigenvalue weighted by Gasteiger charge is 2.02. The molecule has 0 fully saturated rings. The maximum Gasteiger partial charge on any atom is 0.207 e. The van der Waals surface area contributed by atoms with Crippen molar-refractivity contribution in [3.05, 3.63) is 36.9 Å². The zero-order chi connectivity index (χ0) is 11.9. The van der Waals surface area contributed by atoms with Gasteiger partial charge < -0.3 is 14.6 Å². The first kappa shape index (κ1) is 11.6. The third-order valence-electron chi connectivity index (χ3n) is 2.38. The van der Waals surface area contributed by atoms with Gasteiger partial charge in [-0.25, -0.2) is 4.98 Å². The number of anilines is 2. The molecule has 0 saturated carbocycles. The van der Waals surface area contributed by atoms with Crippen molar-refractivity contribution in [3.8, 4) is 0 Å². The number of methoxy groups -OCH3 is 1. The van der Waals surface area contributed by atoms with Crippen LogP contribution < -0.4 is 5.32 Å². The van der Waals surface area contributed by atoms with Gasteiger partial charge in [-0.1, -0.05) is 0 Å². The first-order chi connectivity index (χ1) is 8.40. The minimum absolute atomic E-state index is 0.754. The van der Waals surface area contributed by atoms with Gasteiger partial charge in [0, 0.05) is 38.9 Å². The van der Waals surface area contributed by atoms with Crippen molar-refractivity contribution in [2.75, 3.05) is 19.0 Å². The van der Waals surface area contributed by atoms with Gasteiger partial charge in [0.2, 0.25) is 5.95 Å². The van der Waals surface area contributed by atoms with Crippen molar-refractivity contribution in [3.63, 3.8) is 0 Å². The Morgan fingerprint density at radius 1 is 1.41 bits per heavy atom. The van der Waals surface area contributed by atoms with Crippen LogP contribution in [0.2, 0.25) is 0 Å². The van der Waals surface area contributed by atoms with Crippen molar-refractivity contribution in [2.45, 2.75) is 13.0 Å². The molecule has 0 amide bonds. The first-order valence-corrected chi connectivity index (χ1v) is 5.57. The second kappa shape index (κ2) is 6.00. The number of pyridine rings is 1. The maximum atomic E-state index is 5.03. The summed E-state index contributed by atoms with van der Waals surface area (Å²) in [5.41, 5.74) is 0.937. The summed E-state index contributed by atoms with van der Waals surface area (Å²) in [5, 5.41) is 3.23. The van der Waals surface area contributed by atoms with Gasteiger partial charge in [0.05, 0.1) is 11.9 Å². The second-order valence-electron chi connectivity index (χ2n) is 3.66. The van der Waals surface area contributed by atoms with Gasteiger partial charge in [-0.15, -0.1) is 0 Å². The van der Waals surface area contributed by atoms with Crippen molar-refractivity contribution < 1.29 is 4.74 Å². The molecule has 0 saturated heterocycles. The fraction of sp³-hybridized carbons (Fsp3) is 0.333. The molecule has 2 rings (SSSR count). The number of nitrogens with one attached hydrogen (secondary N) is 1. The Morgan fingerprint density at radius 3 is 3.12 bits per heavy atom. The topological polar surface area (TPSA) is 52.0 Å². The molecule has 0 atom stereocenters. The Hall–Kier alpha value is -1.88. The lowest BCUT2D eigenvalue weighted by Gasteiger charge is -2.09. The molecule has 0 unspecified atom stereocenters. The third kappa shape index (κ3) is 3.29. The van der Waals surface area contributed by atoms with E-state index in [9.17, 15) is 0 Å². The van der Waals surface area contributed by atoms with Crippen LogP contribution in [0.4, 0.5) is 11.6 Å². The number of aryl methyl sites for hydroxylation is 1. The van der Waals surface area contributed by atoms with Crippen LogP contribution in [0.25, 0.3) is 0 Å². The van der Waals surface area contributed by atoms with Gasteiger partial charge in [-0.2, -0.15) is 0 Å². The van der Waals surface area contributed by atoms with Gasteiger partial charge in [0.25, 0.3) is 0 Å². The summed E-state index contributed by atoms with van der Waals surface area (Å²) in [6.45, 7) is 1.64. The summed E-state index contributed by atoms with van der Waals surface area (Å²) >= 11 is 0. The minimum Gasteiger partial charge on any atom is -0.385 e. The number of hydrogen-bond donors (Lipinski definition) is 1. The SMILES string of the molecule is COCCCn1ccnc1Nc1cccnc1. The average Bonchev–Trinajstić information content (AvgIpc) is 2.79. The summed E-state index contributed by atoms with van der Waals surface area (Å²) in [5.74, 6) is 0.828. The van der Waals surface area contributed by atoms with Crippen molar-refractivity contribution in [2.24, 2.45) is 0 Å². The molecule has 0 aromatic carbocycles. The quantitative estimate of drug-likeness (QED) is 0.774. The first-order valence-electron chi connectivity index (χ1n) is 5.57. The zero-order valence-electron chi connectivity index (χ0n) is 9.84. The molecule has 90 valence electrons. The maximum absolute atomic E-state index is 5.03. The van der Waals surface area contributed by atoms with Gasteiger partial charge >= 0.3 is 0 Å². The highest BCUT2D eigenvalue weighted by atomic mass is 16.5. The van der Waals surface area contributed by atoms with Crippen LogP contribution >= 0.6 is 0 Å². The summed E-state index contributed by atoms with van der Waals surface area (Å²) in [6, 6.07) is 3.85. The predicted molar refractivity (Wildman–Crippen MR) is 66.2 cm³/mol. The fourth-order valence-electron chi connectivity index (χ4n) is 1.56. The van der Waals surface area contributed by atoms with Crippen molar-refractivity contribution in [1.82, 2.24) is 14.5 Å². The van der Waals surface area contributed by atoms with Crippen molar-refractivity contribution in [1.29, 1.82) is 0 Å². The molecule has 0 spiro atoms. The predicted octanol–water partition coefficient (Wildman–Crippen LogP) is 2.06. The van der Waals surface area contributed by atoms with Crippen LogP contribution in [0.15, 0.2) is 36.9 Å². The highest BCUT2D eigenvalue weighted by Crippen LogP contribution is 2.13. The van der Waals surface area contributed by atoms with E-state index in [0.29, 0.717) is 0 Å². The van der Waals surface area contributed by atoms with Crippen LogP contribution in [0.3, 0.4) is 0 Å². The number of rotatable bonds is 6. The van der Waals surface area contributed by atoms with Gasteiger partial charge in [0.15, 0.2) is 0 Å². The Kier molecular flexibility index (Phi) is 4.10. The van der Waals surface area contributed by atoms with E-state index in [4.69, 9.17) is 4.74 Å². The summed E-state index contributed by atoms with van der Waals surface area (Å²) < 4.78 is 7.10. The monoisotopic (exact) mass is 232 g/mol. The van der Waals surface area contributed by atoms with E-state index in [1.54, 1.807) is 25.7 Å². The van der Waals surface area contributed by atoms with Crippen LogP contribution in [0.5, 0.6) is 0 Å². The second-order valence-corrected chi connectivity index (χ2v) is 3.66. The molecule has 2 aromatic heterocycles. The van der Waals surface area contributed by atoms with E-state index < -0.39 is 0 Å². The van der Waals surface area contributed by atoms with Crippen LogP contribution in [0.1, 0.15) is 6.42 Å². The smallest absolute Gasteiger partial charge is 0.207 e. The fourth-order valence-corrected chi connectivity index (χ4v) is 1.56. The largest absolute Gasteiger partial charge is 0.385 e. The minimum atomic E-state index is 0.754. The lowest BCUT2D eigenvalue weighted by molar-refractivity contribution is 0.190. The normalized spacial score (nSPS) is 10.4. The van der Waals surface area contributed by atoms with E-state index in [1.807, 2.05) is 18.3 Å². The number of imidazole rings is 1. The van der Waals surface area contributed by atoms with Crippen LogP contribution in [0, 0.1) is 0 Å². The molecule has 0 aliphatic rings. The summed E-state index contributed by atoms with van der Waals surface area (Å²) in [7, 11) is 1.71. The molecule has 0 bridgehead atoms. The van der Waals surface area contributed by atoms with E-state index in [2.05, 4.69) is 19.9 Å². The standard InChI is InChI=1S/C12H16N4O/c1-17-9-3-7-16-8-6-14-12(16)15-11-4-2-5-13-10-11/h2,4-6,8,10H,3,7,9H2,1H3,(H,14,15). The molecule has 2 heterocycles. The van der Waals surface area contributed by atoms with Crippen LogP contribution in [-0.4, -0.2) is 28.3 Å². The molecule has 1 N–H and O–H groups in total. The van der Waals surface area contributed by atoms with Crippen molar-refractivity contribution >= 4 is 11.6 Å². The lowest BCUT2D eigenvalue weighted by Crippen LogP contribution is -2.05. The molecule has 5 nitrogen and oxygen atoms in total. The lowest BCUT2D eigenvalue weighted by atomic mass is 10.4. The van der Waals surface area contributed by atoms with Gasteiger partial charge in [-0.3, -0.25) is 4.98 Å². The molecule has 2 aromatic rings. The summed E-state index contributed by atoms with van der Waals surface area (Å²) in [6.07, 6.45) is 8.22. The number of aromatic nitrogens is 3. The molecular formula is C12H16N4O. The third-order valence-corrected chi connectivity index (χ3v) is 2.38. The molecule has 0 radical (unpaired) electrons. The number of hydrogen-bond acceptors (Lipinski definition) is 4. The van der Waals surface area contributed by atoms with Gasteiger partial charge in [0.1, 0.15) is 0 Å². The Bertz CT molecular complexity index is 441. The van der Waals surface area contributed by atoms with E-state index in [1.165, 1.54) is 0 Å². The van der Waals surface area contributed by atoms with Crippen LogP contribution in [-0.2, 0) is 11.3 Å². The number of ether oxygens (including phenoxy) is 1. The Labute approximate surface area is 100 Å². The molecule has 17 heavy (non-hydrogen) atoms. The Balaban J connectivity index is 1.99. The highest BCUT2D eigenvalue weighted by molar-refractivity contribution is 5.51. The Morgan fingerprint density at radius 2 is 2.35 bits per heavy atom. The molecule has 0 aliphatic heterocycles. The van der Waals surface area contributed by atoms with E-state index in [0.717, 1.165) is 31.2 Å². The van der Waals surface area contributed by atoms with Gasteiger partial charge in [-0.05, 0) is 18.6 Å². The zero-order valence-corrected chi connectivity index (χ0v) is 9.84. The molecule has 0 aliphatic carbocycles. The van der Waals surface area contributed by atoms with E-state index in [-0.39, 0.29) is 0 Å². The average molecular weight is 232 g/mol. The molecule has 5 heteroatoms. The number of nitrogens with zero attached hydrogens (tertiary/aromatic N) is 3. The molecular weight excluding hydrogens is 216 g/mol. The van der Waals surface area contributed by atoms with E-state index >= 15 is 0 Å². The summed E-state index contributed by atoms with van der Waals surface area (Å²) in [4.78, 5) is 8.32.